The summed E-state index contributed by atoms with van der Waals surface area (Å²) in [5.41, 5.74) is -0.869. The fourth-order valence-corrected chi connectivity index (χ4v) is 5.06. The van der Waals surface area contributed by atoms with E-state index in [2.05, 4.69) is 74.7 Å². The van der Waals surface area contributed by atoms with Crippen LogP contribution in [0.3, 0.4) is 0 Å². The molecule has 0 aliphatic carbocycles. The van der Waals surface area contributed by atoms with E-state index in [9.17, 15) is 27.6 Å². The highest BCUT2D eigenvalue weighted by molar-refractivity contribution is 8.65. The number of Topliss-reactive ketones (excluding diaryl/α,β-unsaturated/α-hetero) is 3. The Kier molecular flexibility index (Phi) is 37.7. The van der Waals surface area contributed by atoms with Crippen LogP contribution in [0.25, 0.3) is 0 Å². The maximum absolute atomic E-state index is 13.4. The van der Waals surface area contributed by atoms with Crippen LogP contribution in [0.15, 0.2) is 0 Å². The third-order valence-corrected chi connectivity index (χ3v) is 7.78. The minimum Gasteiger partial charge on any atom is -0.362 e. The molecule has 8 nitrogen and oxygen atoms in total. The van der Waals surface area contributed by atoms with Crippen molar-refractivity contribution in [2.24, 2.45) is 23.7 Å². The van der Waals surface area contributed by atoms with Crippen molar-refractivity contribution in [3.63, 3.8) is 0 Å². The van der Waals surface area contributed by atoms with Crippen LogP contribution in [0.2, 0.25) is 0 Å². The van der Waals surface area contributed by atoms with E-state index in [1.165, 1.54) is 0 Å². The largest absolute Gasteiger partial charge is 0.362 e. The Balaban J connectivity index is -0.000000786. The van der Waals surface area contributed by atoms with Gasteiger partial charge in [-0.1, -0.05) is 55.4 Å². The maximum atomic E-state index is 13.4. The van der Waals surface area contributed by atoms with Crippen molar-refractivity contribution in [2.45, 2.75) is 105 Å². The standard InChI is InChI=1S/C27H47NO7S.H6P4.H5P3.H4P2.H3P/c1-8-9-10-11-21(29)16-22(19(4)5)26(32)28-23(12-13-36(7,33)34)24(30)15-20(14-18(2)3)25(31)27(6)17-35-27;1-4(2)3;1-3-2;1-2;/h18-20,22-23H,8-17H2,1-7H3,(H,28,32);1-3H2;3H,1-2H2;1-2H2;1H3/t20-,22+,23+,27-;;;;/m1..../s1. The van der Waals surface area contributed by atoms with Gasteiger partial charge >= 0.3 is 0 Å². The van der Waals surface area contributed by atoms with Crippen LogP contribution in [0.4, 0.5) is 0 Å². The van der Waals surface area contributed by atoms with Gasteiger partial charge in [0.1, 0.15) is 21.2 Å². The number of ether oxygens (including phenoxy) is 1. The number of carbonyl (C=O) groups excluding carboxylic acids is 4. The highest BCUT2D eigenvalue weighted by Crippen LogP contribution is 2.59. The van der Waals surface area contributed by atoms with E-state index >= 15 is 0 Å². The Morgan fingerprint density at radius 3 is 1.85 bits per heavy atom. The number of amides is 1. The molecule has 0 spiro atoms. The molecule has 0 aromatic rings. The van der Waals surface area contributed by atoms with Crippen LogP contribution in [0.1, 0.15) is 92.9 Å². The summed E-state index contributed by atoms with van der Waals surface area (Å²) in [5.74, 6) is -2.32. The summed E-state index contributed by atoms with van der Waals surface area (Å²) in [6, 6.07) is -1.04. The summed E-state index contributed by atoms with van der Waals surface area (Å²) in [6.45, 7) is 11.9. The molecule has 1 heterocycles. The molecule has 1 saturated heterocycles. The quantitative estimate of drug-likeness (QED) is 0.0811. The van der Waals surface area contributed by atoms with Gasteiger partial charge in [-0.3, -0.25) is 19.2 Å². The van der Waals surface area contributed by atoms with Crippen LogP contribution in [-0.4, -0.2) is 61.9 Å². The average Bonchev–Trinajstić information content (AvgIpc) is 3.67. The predicted octanol–water partition coefficient (Wildman–Crippen LogP) is 7.49. The topological polar surface area (TPSA) is 127 Å². The lowest BCUT2D eigenvalue weighted by atomic mass is 9.82. The lowest BCUT2D eigenvalue weighted by Gasteiger charge is -2.26. The second-order valence-corrected chi connectivity index (χ2v) is 30.2. The Labute approximate surface area is 303 Å². The first-order chi connectivity index (χ1) is 20.7. The number of rotatable bonds is 19. The van der Waals surface area contributed by atoms with Crippen molar-refractivity contribution >= 4 is 120 Å². The molecule has 0 aromatic heterocycles. The second-order valence-electron chi connectivity index (χ2n) is 12.0. The highest BCUT2D eigenvalue weighted by atomic mass is 32.7. The first-order valence-electron chi connectivity index (χ1n) is 15.0. The van der Waals surface area contributed by atoms with Gasteiger partial charge in [0.25, 0.3) is 0 Å². The third-order valence-electron chi connectivity index (χ3n) is 6.80. The van der Waals surface area contributed by atoms with Gasteiger partial charge in [0.05, 0.1) is 18.4 Å². The van der Waals surface area contributed by atoms with E-state index in [-0.39, 0.29) is 71.1 Å². The summed E-state index contributed by atoms with van der Waals surface area (Å²) in [6.07, 6.45) is 4.65. The van der Waals surface area contributed by atoms with Gasteiger partial charge in [0.2, 0.25) is 5.91 Å². The molecule has 1 N–H and O–H groups in total. The minimum absolute atomic E-state index is 0. The molecule has 0 saturated carbocycles. The number of nitrogens with one attached hydrogen (secondary N) is 1. The molecular formula is C27H65NO7P10S. The Bertz CT molecular complexity index is 966. The average molecular weight is 858 g/mol. The molecule has 1 fully saturated rings. The second kappa shape index (κ2) is 31.2. The number of carbonyl (C=O) groups is 4. The number of ketones is 3. The first kappa shape index (κ1) is 55.4. The van der Waals surface area contributed by atoms with E-state index in [1.54, 1.807) is 6.92 Å². The maximum Gasteiger partial charge on any atom is 0.224 e. The summed E-state index contributed by atoms with van der Waals surface area (Å²) in [5, 5.41) is 2.75. The number of hydrogen-bond donors (Lipinski definition) is 1. The molecule has 46 heavy (non-hydrogen) atoms. The van der Waals surface area contributed by atoms with E-state index in [1.807, 2.05) is 27.7 Å². The lowest BCUT2D eigenvalue weighted by Crippen LogP contribution is -2.47. The van der Waals surface area contributed by atoms with Gasteiger partial charge < -0.3 is 10.1 Å². The SMILES string of the molecule is CCCCCC(=O)C[C@H](C(=O)N[C@@H](CCS(C)(=O)=O)C(=O)C[C@@H](CC(C)C)C(=O)[C@@]1(C)CO1)C(C)C.P.PP.PP(P)P.PPP. The Morgan fingerprint density at radius 1 is 1.00 bits per heavy atom. The minimum atomic E-state index is -3.38. The Hall–Kier alpha value is 2.69. The molecule has 1 amide bonds. The van der Waals surface area contributed by atoms with Crippen LogP contribution < -0.4 is 5.32 Å². The number of unbranched alkanes of at least 4 members (excludes halogenated alkanes) is 2. The lowest BCUT2D eigenvalue weighted by molar-refractivity contribution is -0.135. The van der Waals surface area contributed by atoms with Gasteiger partial charge in [-0.25, -0.2) is 8.42 Å². The number of hydrogen-bond acceptors (Lipinski definition) is 7. The molecular weight excluding hydrogens is 792 g/mol. The molecule has 0 radical (unpaired) electrons. The van der Waals surface area contributed by atoms with Crippen LogP contribution >= 0.6 is 87.3 Å². The van der Waals surface area contributed by atoms with Crippen LogP contribution in [-0.2, 0) is 33.8 Å². The van der Waals surface area contributed by atoms with Crippen molar-refractivity contribution in [3.8, 4) is 0 Å². The van der Waals surface area contributed by atoms with Gasteiger partial charge in [0, 0.05) is 37.4 Å². The molecule has 19 heteroatoms. The fraction of sp³-hybridized carbons (Fsp3) is 0.852. The van der Waals surface area contributed by atoms with Crippen molar-refractivity contribution < 1.29 is 32.3 Å². The van der Waals surface area contributed by atoms with Gasteiger partial charge in [-0.2, -0.15) is 9.90 Å². The van der Waals surface area contributed by atoms with E-state index < -0.39 is 39.2 Å². The van der Waals surface area contributed by atoms with E-state index in [4.69, 9.17) is 4.74 Å². The smallest absolute Gasteiger partial charge is 0.224 e. The zero-order valence-electron chi connectivity index (χ0n) is 28.9. The van der Waals surface area contributed by atoms with E-state index in [0.29, 0.717) is 19.4 Å². The predicted molar refractivity (Wildman–Crippen MR) is 235 cm³/mol. The molecule has 0 bridgehead atoms. The summed E-state index contributed by atoms with van der Waals surface area (Å²) in [7, 11) is 15.3. The van der Waals surface area contributed by atoms with Gasteiger partial charge in [-0.15, -0.1) is 62.5 Å². The molecule has 1 aliphatic heterocycles. The zero-order valence-corrected chi connectivity index (χ0v) is 41.1. The highest BCUT2D eigenvalue weighted by Gasteiger charge is 2.50. The van der Waals surface area contributed by atoms with Gasteiger partial charge in [0.15, 0.2) is 11.6 Å². The van der Waals surface area contributed by atoms with Crippen LogP contribution in [0, 0.1) is 23.7 Å². The van der Waals surface area contributed by atoms with Crippen LogP contribution in [0.5, 0.6) is 0 Å². The van der Waals surface area contributed by atoms with Crippen molar-refractivity contribution in [1.82, 2.24) is 5.32 Å². The normalized spacial score (nSPS) is 17.1. The van der Waals surface area contributed by atoms with Crippen molar-refractivity contribution in [1.29, 1.82) is 0 Å². The van der Waals surface area contributed by atoms with E-state index in [0.717, 1.165) is 33.5 Å². The third kappa shape index (κ3) is 30.3. The first-order valence-corrected chi connectivity index (χ1v) is 30.5. The molecule has 8 unspecified atom stereocenters. The fourth-order valence-electron chi connectivity index (χ4n) is 4.39. The molecule has 0 aromatic carbocycles. The Morgan fingerprint density at radius 2 is 1.48 bits per heavy atom. The van der Waals surface area contributed by atoms with Crippen molar-refractivity contribution in [2.75, 3.05) is 18.6 Å². The number of epoxide rings is 1. The molecule has 1 aliphatic rings. The van der Waals surface area contributed by atoms with Crippen molar-refractivity contribution in [3.05, 3.63) is 0 Å². The summed E-state index contributed by atoms with van der Waals surface area (Å²) < 4.78 is 29.0. The molecule has 276 valence electrons. The van der Waals surface area contributed by atoms with Gasteiger partial charge in [-0.05, 0) is 45.0 Å². The summed E-state index contributed by atoms with van der Waals surface area (Å²) in [4.78, 5) is 52.0. The molecule has 12 atom stereocenters. The summed E-state index contributed by atoms with van der Waals surface area (Å²) >= 11 is 0. The monoisotopic (exact) mass is 857 g/mol. The zero-order chi connectivity index (χ0) is 36.0. The number of sulfone groups is 1. The molecule has 1 rings (SSSR count).